The molecule has 128 valence electrons. The van der Waals surface area contributed by atoms with E-state index < -0.39 is 0 Å². The van der Waals surface area contributed by atoms with E-state index in [2.05, 4.69) is 17.2 Å². The number of benzene rings is 1. The Bertz CT molecular complexity index is 673. The molecule has 0 aliphatic carbocycles. The number of nitrogens with zero attached hydrogens (tertiary/aromatic N) is 3. The van der Waals surface area contributed by atoms with Crippen molar-refractivity contribution in [2.24, 2.45) is 0 Å². The molecular formula is C19H25N3O2. The number of aromatic nitrogens is 2. The maximum absolute atomic E-state index is 12.4. The van der Waals surface area contributed by atoms with Crippen molar-refractivity contribution < 1.29 is 9.53 Å². The zero-order valence-corrected chi connectivity index (χ0v) is 14.4. The van der Waals surface area contributed by atoms with E-state index in [1.54, 1.807) is 4.68 Å². The molecule has 2 heterocycles. The summed E-state index contributed by atoms with van der Waals surface area (Å²) in [5.74, 6) is 0.141. The number of amides is 1. The predicted molar refractivity (Wildman–Crippen MR) is 92.5 cm³/mol. The van der Waals surface area contributed by atoms with Crippen LogP contribution < -0.4 is 0 Å². The van der Waals surface area contributed by atoms with Crippen LogP contribution in [-0.2, 0) is 22.7 Å². The van der Waals surface area contributed by atoms with E-state index >= 15 is 0 Å². The van der Waals surface area contributed by atoms with Crippen molar-refractivity contribution in [1.29, 1.82) is 0 Å². The molecule has 0 N–H and O–H groups in total. The molecule has 0 atom stereocenters. The molecule has 5 nitrogen and oxygen atoms in total. The van der Waals surface area contributed by atoms with Gasteiger partial charge in [-0.25, -0.2) is 0 Å². The molecule has 1 aliphatic rings. The topological polar surface area (TPSA) is 47.4 Å². The van der Waals surface area contributed by atoms with Crippen LogP contribution in [0.2, 0.25) is 0 Å². The SMILES string of the molecule is Cc1cc(C)n(CC(=O)N2CCC(OCc3ccccc3)CC2)n1. The lowest BCUT2D eigenvalue weighted by Crippen LogP contribution is -2.42. The molecule has 1 amide bonds. The maximum Gasteiger partial charge on any atom is 0.244 e. The minimum absolute atomic E-state index is 0.141. The number of piperidine rings is 1. The molecule has 1 aromatic carbocycles. The van der Waals surface area contributed by atoms with E-state index in [1.165, 1.54) is 5.56 Å². The number of rotatable bonds is 5. The van der Waals surface area contributed by atoms with Crippen LogP contribution in [0.3, 0.4) is 0 Å². The molecule has 0 bridgehead atoms. The Morgan fingerprint density at radius 2 is 1.92 bits per heavy atom. The van der Waals surface area contributed by atoms with Gasteiger partial charge in [0.1, 0.15) is 6.54 Å². The van der Waals surface area contributed by atoms with Crippen LogP contribution >= 0.6 is 0 Å². The quantitative estimate of drug-likeness (QED) is 0.848. The maximum atomic E-state index is 12.4. The first-order valence-electron chi connectivity index (χ1n) is 8.56. The summed E-state index contributed by atoms with van der Waals surface area (Å²) >= 11 is 0. The molecule has 1 aliphatic heterocycles. The van der Waals surface area contributed by atoms with Crippen molar-refractivity contribution in [2.45, 2.75) is 45.9 Å². The average molecular weight is 327 g/mol. The number of ether oxygens (including phenoxy) is 1. The van der Waals surface area contributed by atoms with Crippen molar-refractivity contribution in [2.75, 3.05) is 13.1 Å². The number of carbonyl (C=O) groups is 1. The van der Waals surface area contributed by atoms with E-state index in [1.807, 2.05) is 43.0 Å². The van der Waals surface area contributed by atoms with Crippen molar-refractivity contribution in [3.63, 3.8) is 0 Å². The lowest BCUT2D eigenvalue weighted by molar-refractivity contribution is -0.134. The first-order valence-corrected chi connectivity index (χ1v) is 8.56. The zero-order valence-electron chi connectivity index (χ0n) is 14.4. The Morgan fingerprint density at radius 1 is 1.21 bits per heavy atom. The highest BCUT2D eigenvalue weighted by atomic mass is 16.5. The van der Waals surface area contributed by atoms with Gasteiger partial charge in [-0.3, -0.25) is 9.48 Å². The summed E-state index contributed by atoms with van der Waals surface area (Å²) in [5.41, 5.74) is 3.18. The number of hydrogen-bond donors (Lipinski definition) is 0. The number of aryl methyl sites for hydroxylation is 2. The van der Waals surface area contributed by atoms with Gasteiger partial charge in [-0.2, -0.15) is 5.10 Å². The molecule has 0 spiro atoms. The Morgan fingerprint density at radius 3 is 2.54 bits per heavy atom. The third-order valence-corrected chi connectivity index (χ3v) is 4.51. The summed E-state index contributed by atoms with van der Waals surface area (Å²) in [5, 5.41) is 4.37. The van der Waals surface area contributed by atoms with Crippen LogP contribution in [0.15, 0.2) is 36.4 Å². The van der Waals surface area contributed by atoms with E-state index in [9.17, 15) is 4.79 Å². The molecule has 1 fully saturated rings. The molecule has 24 heavy (non-hydrogen) atoms. The largest absolute Gasteiger partial charge is 0.373 e. The highest BCUT2D eigenvalue weighted by Crippen LogP contribution is 2.16. The molecule has 0 saturated carbocycles. The highest BCUT2D eigenvalue weighted by molar-refractivity contribution is 5.76. The molecule has 2 aromatic rings. The standard InChI is InChI=1S/C19H25N3O2/c1-15-12-16(2)22(20-15)13-19(23)21-10-8-18(9-11-21)24-14-17-6-4-3-5-7-17/h3-7,12,18H,8-11,13-14H2,1-2H3. The zero-order chi connectivity index (χ0) is 16.9. The van der Waals surface area contributed by atoms with Gasteiger partial charge in [-0.05, 0) is 38.3 Å². The Kier molecular flexibility index (Phi) is 5.30. The summed E-state index contributed by atoms with van der Waals surface area (Å²) in [7, 11) is 0. The lowest BCUT2D eigenvalue weighted by Gasteiger charge is -2.32. The average Bonchev–Trinajstić information content (AvgIpc) is 2.91. The predicted octanol–water partition coefficient (Wildman–Crippen LogP) is 2.71. The molecule has 5 heteroatoms. The van der Waals surface area contributed by atoms with Gasteiger partial charge in [0.15, 0.2) is 0 Å². The molecule has 1 saturated heterocycles. The Labute approximate surface area is 143 Å². The van der Waals surface area contributed by atoms with Crippen LogP contribution in [0, 0.1) is 13.8 Å². The van der Waals surface area contributed by atoms with Crippen molar-refractivity contribution in [3.8, 4) is 0 Å². The van der Waals surface area contributed by atoms with Crippen LogP contribution in [0.5, 0.6) is 0 Å². The van der Waals surface area contributed by atoms with Gasteiger partial charge in [-0.15, -0.1) is 0 Å². The van der Waals surface area contributed by atoms with Gasteiger partial charge in [0, 0.05) is 18.8 Å². The fraction of sp³-hybridized carbons (Fsp3) is 0.474. The van der Waals surface area contributed by atoms with Crippen LogP contribution in [0.4, 0.5) is 0 Å². The summed E-state index contributed by atoms with van der Waals surface area (Å²) < 4.78 is 7.77. The summed E-state index contributed by atoms with van der Waals surface area (Å²) in [6.45, 7) is 6.43. The second-order valence-corrected chi connectivity index (χ2v) is 6.46. The number of hydrogen-bond acceptors (Lipinski definition) is 3. The first kappa shape index (κ1) is 16.7. The van der Waals surface area contributed by atoms with Crippen LogP contribution in [-0.4, -0.2) is 39.8 Å². The second kappa shape index (κ2) is 7.62. The van der Waals surface area contributed by atoms with Crippen molar-refractivity contribution in [1.82, 2.24) is 14.7 Å². The fourth-order valence-electron chi connectivity index (χ4n) is 3.12. The van der Waals surface area contributed by atoms with Crippen LogP contribution in [0.25, 0.3) is 0 Å². The fourth-order valence-corrected chi connectivity index (χ4v) is 3.12. The Hall–Kier alpha value is -2.14. The number of likely N-dealkylation sites (tertiary alicyclic amines) is 1. The molecular weight excluding hydrogens is 302 g/mol. The van der Waals surface area contributed by atoms with Crippen molar-refractivity contribution in [3.05, 3.63) is 53.3 Å². The summed E-state index contributed by atoms with van der Waals surface area (Å²) in [6, 6.07) is 12.2. The lowest BCUT2D eigenvalue weighted by atomic mass is 10.1. The van der Waals surface area contributed by atoms with Crippen LogP contribution in [0.1, 0.15) is 29.8 Å². The molecule has 3 rings (SSSR count). The van der Waals surface area contributed by atoms with E-state index in [4.69, 9.17) is 4.74 Å². The summed E-state index contributed by atoms with van der Waals surface area (Å²) in [4.78, 5) is 14.4. The minimum atomic E-state index is 0.141. The minimum Gasteiger partial charge on any atom is -0.373 e. The molecule has 0 radical (unpaired) electrons. The van der Waals surface area contributed by atoms with Gasteiger partial charge >= 0.3 is 0 Å². The first-order chi connectivity index (χ1) is 11.6. The van der Waals surface area contributed by atoms with E-state index in [-0.39, 0.29) is 12.0 Å². The van der Waals surface area contributed by atoms with Gasteiger partial charge in [0.05, 0.1) is 18.4 Å². The smallest absolute Gasteiger partial charge is 0.244 e. The van der Waals surface area contributed by atoms with Crippen molar-refractivity contribution >= 4 is 5.91 Å². The van der Waals surface area contributed by atoms with E-state index in [0.717, 1.165) is 37.3 Å². The molecule has 1 aromatic heterocycles. The third-order valence-electron chi connectivity index (χ3n) is 4.51. The summed E-state index contributed by atoms with van der Waals surface area (Å²) in [6.07, 6.45) is 2.04. The normalized spacial score (nSPS) is 15.7. The molecule has 0 unspecified atom stereocenters. The van der Waals surface area contributed by atoms with E-state index in [0.29, 0.717) is 13.2 Å². The number of carbonyl (C=O) groups excluding carboxylic acids is 1. The highest BCUT2D eigenvalue weighted by Gasteiger charge is 2.23. The van der Waals surface area contributed by atoms with Gasteiger partial charge in [-0.1, -0.05) is 30.3 Å². The van der Waals surface area contributed by atoms with Gasteiger partial charge in [0.25, 0.3) is 0 Å². The monoisotopic (exact) mass is 327 g/mol. The van der Waals surface area contributed by atoms with Gasteiger partial charge in [0.2, 0.25) is 5.91 Å². The van der Waals surface area contributed by atoms with Gasteiger partial charge < -0.3 is 9.64 Å². The third kappa shape index (κ3) is 4.23. The Balaban J connectivity index is 1.44. The second-order valence-electron chi connectivity index (χ2n) is 6.46.